The van der Waals surface area contributed by atoms with E-state index in [-0.39, 0.29) is 17.6 Å². The Morgan fingerprint density at radius 3 is 2.68 bits per heavy atom. The van der Waals surface area contributed by atoms with Crippen LogP contribution in [0.15, 0.2) is 18.3 Å². The maximum Gasteiger partial charge on any atom is 0.311 e. The third-order valence-electron chi connectivity index (χ3n) is 3.45. The normalized spacial score (nSPS) is 15.9. The van der Waals surface area contributed by atoms with Crippen LogP contribution in [0, 0.1) is 10.1 Å². The molecule has 1 fully saturated rings. The van der Waals surface area contributed by atoms with Crippen LogP contribution < -0.4 is 10.2 Å². The van der Waals surface area contributed by atoms with Crippen LogP contribution in [-0.4, -0.2) is 59.5 Å². The molecule has 0 saturated carbocycles. The molecule has 8 nitrogen and oxygen atoms in total. The lowest BCUT2D eigenvalue weighted by Crippen LogP contribution is -2.50. The predicted molar refractivity (Wildman–Crippen MR) is 82.8 cm³/mol. The van der Waals surface area contributed by atoms with Gasteiger partial charge in [0.25, 0.3) is 0 Å². The smallest absolute Gasteiger partial charge is 0.311 e. The highest BCUT2D eigenvalue weighted by Gasteiger charge is 2.25. The van der Waals surface area contributed by atoms with Crippen molar-refractivity contribution >= 4 is 17.4 Å². The summed E-state index contributed by atoms with van der Waals surface area (Å²) in [6.45, 7) is 6.81. The van der Waals surface area contributed by atoms with E-state index in [0.29, 0.717) is 38.5 Å². The van der Waals surface area contributed by atoms with Gasteiger partial charge >= 0.3 is 5.69 Å². The molecule has 22 heavy (non-hydrogen) atoms. The van der Waals surface area contributed by atoms with Gasteiger partial charge in [-0.15, -0.1) is 0 Å². The highest BCUT2D eigenvalue weighted by atomic mass is 16.6. The summed E-state index contributed by atoms with van der Waals surface area (Å²) in [6.07, 6.45) is 1.56. The summed E-state index contributed by atoms with van der Waals surface area (Å²) >= 11 is 0. The SMILES string of the molecule is CC(C)NC(=O)CN1CCN(c2ncccc2[N+](=O)[O-])CC1. The van der Waals surface area contributed by atoms with Crippen LogP contribution >= 0.6 is 0 Å². The number of pyridine rings is 1. The predicted octanol–water partition coefficient (Wildman–Crippen LogP) is 0.636. The van der Waals surface area contributed by atoms with Crippen molar-refractivity contribution in [2.24, 2.45) is 0 Å². The van der Waals surface area contributed by atoms with Gasteiger partial charge in [0.05, 0.1) is 11.5 Å². The molecule has 8 heteroatoms. The molecule has 1 N–H and O–H groups in total. The maximum atomic E-state index is 11.7. The van der Waals surface area contributed by atoms with Crippen molar-refractivity contribution in [3.63, 3.8) is 0 Å². The second kappa shape index (κ2) is 7.17. The van der Waals surface area contributed by atoms with Crippen molar-refractivity contribution in [3.8, 4) is 0 Å². The van der Waals surface area contributed by atoms with Crippen molar-refractivity contribution in [1.82, 2.24) is 15.2 Å². The molecule has 1 aliphatic heterocycles. The van der Waals surface area contributed by atoms with Crippen molar-refractivity contribution in [2.45, 2.75) is 19.9 Å². The zero-order chi connectivity index (χ0) is 16.1. The van der Waals surface area contributed by atoms with Gasteiger partial charge < -0.3 is 10.2 Å². The fourth-order valence-corrected chi connectivity index (χ4v) is 2.46. The Kier molecular flexibility index (Phi) is 5.26. The number of hydrogen-bond acceptors (Lipinski definition) is 6. The number of anilines is 1. The number of nitro groups is 1. The van der Waals surface area contributed by atoms with E-state index in [9.17, 15) is 14.9 Å². The quantitative estimate of drug-likeness (QED) is 0.634. The van der Waals surface area contributed by atoms with Gasteiger partial charge in [-0.1, -0.05) is 0 Å². The summed E-state index contributed by atoms with van der Waals surface area (Å²) < 4.78 is 0. The number of rotatable bonds is 5. The number of hydrogen-bond donors (Lipinski definition) is 1. The lowest BCUT2D eigenvalue weighted by atomic mass is 10.2. The topological polar surface area (TPSA) is 91.6 Å². The van der Waals surface area contributed by atoms with E-state index in [4.69, 9.17) is 0 Å². The van der Waals surface area contributed by atoms with Crippen LogP contribution in [0.2, 0.25) is 0 Å². The fourth-order valence-electron chi connectivity index (χ4n) is 2.46. The Morgan fingerprint density at radius 1 is 1.41 bits per heavy atom. The monoisotopic (exact) mass is 307 g/mol. The van der Waals surface area contributed by atoms with Crippen LogP contribution in [0.5, 0.6) is 0 Å². The van der Waals surface area contributed by atoms with Gasteiger partial charge in [-0.3, -0.25) is 19.8 Å². The van der Waals surface area contributed by atoms with Gasteiger partial charge in [0.15, 0.2) is 0 Å². The first kappa shape index (κ1) is 16.2. The van der Waals surface area contributed by atoms with E-state index in [0.717, 1.165) is 0 Å². The molecule has 0 spiro atoms. The van der Waals surface area contributed by atoms with Crippen LogP contribution in [-0.2, 0) is 4.79 Å². The summed E-state index contributed by atoms with van der Waals surface area (Å²) in [5.74, 6) is 0.408. The molecule has 0 unspecified atom stereocenters. The Morgan fingerprint density at radius 2 is 2.09 bits per heavy atom. The second-order valence-corrected chi connectivity index (χ2v) is 5.59. The third kappa shape index (κ3) is 4.14. The van der Waals surface area contributed by atoms with Crippen LogP contribution in [0.3, 0.4) is 0 Å². The number of nitrogens with one attached hydrogen (secondary N) is 1. The Bertz CT molecular complexity index is 541. The van der Waals surface area contributed by atoms with Crippen LogP contribution in [0.4, 0.5) is 11.5 Å². The molecule has 2 rings (SSSR count). The average Bonchev–Trinajstić information content (AvgIpc) is 2.47. The minimum absolute atomic E-state index is 0.00673. The number of carbonyl (C=O) groups is 1. The number of piperazine rings is 1. The van der Waals surface area contributed by atoms with Crippen molar-refractivity contribution in [2.75, 3.05) is 37.6 Å². The third-order valence-corrected chi connectivity index (χ3v) is 3.45. The molecule has 1 amide bonds. The van der Waals surface area contributed by atoms with E-state index in [1.165, 1.54) is 6.07 Å². The van der Waals surface area contributed by atoms with Crippen LogP contribution in [0.1, 0.15) is 13.8 Å². The van der Waals surface area contributed by atoms with Crippen molar-refractivity contribution in [3.05, 3.63) is 28.4 Å². The molecule has 0 radical (unpaired) electrons. The lowest BCUT2D eigenvalue weighted by Gasteiger charge is -2.34. The van der Waals surface area contributed by atoms with Crippen LogP contribution in [0.25, 0.3) is 0 Å². The number of aromatic nitrogens is 1. The minimum Gasteiger partial charge on any atom is -0.353 e. The Hall–Kier alpha value is -2.22. The van der Waals surface area contributed by atoms with E-state index < -0.39 is 4.92 Å². The van der Waals surface area contributed by atoms with Gasteiger partial charge in [0.1, 0.15) is 0 Å². The standard InChI is InChI=1S/C14H21N5O3/c1-11(2)16-13(20)10-17-6-8-18(9-7-17)14-12(19(21)22)4-3-5-15-14/h3-5,11H,6-10H2,1-2H3,(H,16,20). The summed E-state index contributed by atoms with van der Waals surface area (Å²) in [4.78, 5) is 30.5. The summed E-state index contributed by atoms with van der Waals surface area (Å²) in [7, 11) is 0. The summed E-state index contributed by atoms with van der Waals surface area (Å²) in [5, 5.41) is 13.9. The van der Waals surface area contributed by atoms with E-state index in [1.807, 2.05) is 23.6 Å². The summed E-state index contributed by atoms with van der Waals surface area (Å²) in [5.41, 5.74) is 0.0218. The van der Waals surface area contributed by atoms with Gasteiger partial charge in [0, 0.05) is 44.5 Å². The maximum absolute atomic E-state index is 11.7. The highest BCUT2D eigenvalue weighted by molar-refractivity contribution is 5.78. The van der Waals surface area contributed by atoms with Gasteiger partial charge in [-0.25, -0.2) is 4.98 Å². The molecular formula is C14H21N5O3. The first-order chi connectivity index (χ1) is 10.5. The summed E-state index contributed by atoms with van der Waals surface area (Å²) in [6, 6.07) is 3.16. The molecule has 1 saturated heterocycles. The van der Waals surface area contributed by atoms with Crippen molar-refractivity contribution < 1.29 is 9.72 Å². The van der Waals surface area contributed by atoms with Gasteiger partial charge in [0.2, 0.25) is 11.7 Å². The van der Waals surface area contributed by atoms with E-state index >= 15 is 0 Å². The molecule has 0 atom stereocenters. The van der Waals surface area contributed by atoms with Gasteiger partial charge in [-0.2, -0.15) is 0 Å². The average molecular weight is 307 g/mol. The molecular weight excluding hydrogens is 286 g/mol. The molecule has 1 aliphatic rings. The van der Waals surface area contributed by atoms with E-state index in [2.05, 4.69) is 10.3 Å². The lowest BCUT2D eigenvalue weighted by molar-refractivity contribution is -0.384. The molecule has 0 bridgehead atoms. The fraction of sp³-hybridized carbons (Fsp3) is 0.571. The molecule has 1 aromatic rings. The molecule has 2 heterocycles. The molecule has 0 aromatic carbocycles. The Labute approximate surface area is 129 Å². The first-order valence-electron chi connectivity index (χ1n) is 7.33. The number of nitrogens with zero attached hydrogens (tertiary/aromatic N) is 4. The number of amides is 1. The second-order valence-electron chi connectivity index (χ2n) is 5.59. The minimum atomic E-state index is -0.412. The van der Waals surface area contributed by atoms with Gasteiger partial charge in [-0.05, 0) is 19.9 Å². The van der Waals surface area contributed by atoms with Crippen molar-refractivity contribution in [1.29, 1.82) is 0 Å². The zero-order valence-electron chi connectivity index (χ0n) is 12.9. The zero-order valence-corrected chi connectivity index (χ0v) is 12.9. The molecule has 1 aromatic heterocycles. The molecule has 0 aliphatic carbocycles. The number of carbonyl (C=O) groups excluding carboxylic acids is 1. The Balaban J connectivity index is 1.93. The highest BCUT2D eigenvalue weighted by Crippen LogP contribution is 2.25. The first-order valence-corrected chi connectivity index (χ1v) is 7.33. The largest absolute Gasteiger partial charge is 0.353 e. The molecule has 120 valence electrons. The van der Waals surface area contributed by atoms with E-state index in [1.54, 1.807) is 12.3 Å².